The Morgan fingerprint density at radius 1 is 1.12 bits per heavy atom. The van der Waals surface area contributed by atoms with Crippen LogP contribution in [0.15, 0.2) is 47.8 Å². The maximum Gasteiger partial charge on any atom is 0.304 e. The zero-order valence-electron chi connectivity index (χ0n) is 23.1. The Labute approximate surface area is 243 Å². The number of aromatic nitrogens is 1. The maximum absolute atomic E-state index is 13.7. The molecule has 0 spiro atoms. The van der Waals surface area contributed by atoms with Gasteiger partial charge < -0.3 is 14.4 Å². The van der Waals surface area contributed by atoms with Crippen LogP contribution in [0.1, 0.15) is 49.8 Å². The molecule has 1 aliphatic rings. The first-order valence-corrected chi connectivity index (χ1v) is 15.3. The first kappa shape index (κ1) is 30.2. The van der Waals surface area contributed by atoms with Crippen LogP contribution < -0.4 is 14.2 Å². The predicted molar refractivity (Wildman–Crippen MR) is 153 cm³/mol. The molecule has 0 radical (unpaired) electrons. The van der Waals surface area contributed by atoms with Crippen LogP contribution in [0.2, 0.25) is 0 Å². The van der Waals surface area contributed by atoms with Gasteiger partial charge in [-0.1, -0.05) is 30.3 Å². The second-order valence-corrected chi connectivity index (χ2v) is 12.1. The summed E-state index contributed by atoms with van der Waals surface area (Å²) in [5, 5.41) is 1.91. The SMILES string of the molecule is COc1cc(C(=O)N(CCCc2ccccc2)Cc2nc(C(=O)NS(=O)(=O)N3CCC(=O)C3)cs2)cc(OC)c1C. The lowest BCUT2D eigenvalue weighted by atomic mass is 10.1. The Hall–Kier alpha value is -3.81. The zero-order chi connectivity index (χ0) is 29.6. The second-order valence-electron chi connectivity index (χ2n) is 9.51. The molecule has 0 saturated carbocycles. The number of rotatable bonds is 12. The van der Waals surface area contributed by atoms with Gasteiger partial charge in [0.25, 0.3) is 11.8 Å². The highest BCUT2D eigenvalue weighted by Gasteiger charge is 2.32. The third kappa shape index (κ3) is 7.48. The van der Waals surface area contributed by atoms with Gasteiger partial charge >= 0.3 is 10.2 Å². The van der Waals surface area contributed by atoms with Crippen LogP contribution >= 0.6 is 11.3 Å². The highest BCUT2D eigenvalue weighted by Crippen LogP contribution is 2.30. The van der Waals surface area contributed by atoms with E-state index in [1.165, 1.54) is 19.6 Å². The Morgan fingerprint density at radius 3 is 2.41 bits per heavy atom. The molecule has 41 heavy (non-hydrogen) atoms. The number of benzene rings is 2. The molecular weight excluding hydrogens is 568 g/mol. The quantitative estimate of drug-likeness (QED) is 0.335. The molecule has 11 nitrogen and oxygen atoms in total. The molecule has 4 rings (SSSR count). The molecule has 1 fully saturated rings. The Kier molecular flexibility index (Phi) is 9.73. The van der Waals surface area contributed by atoms with Crippen molar-refractivity contribution in [1.29, 1.82) is 0 Å². The standard InChI is InChI=1S/C28H32N4O7S2/c1-19-24(38-2)14-21(15-25(19)39-3)28(35)31(12-7-10-20-8-5-4-6-9-20)17-26-29-23(18-40-26)27(34)30-41(36,37)32-13-11-22(33)16-32/h4-6,8-9,14-15,18H,7,10-13,16-17H2,1-3H3,(H,30,34). The van der Waals surface area contributed by atoms with Gasteiger partial charge in [-0.05, 0) is 37.5 Å². The molecule has 1 saturated heterocycles. The van der Waals surface area contributed by atoms with E-state index in [1.807, 2.05) is 42.0 Å². The van der Waals surface area contributed by atoms with Gasteiger partial charge in [0.05, 0.1) is 27.3 Å². The smallest absolute Gasteiger partial charge is 0.304 e. The van der Waals surface area contributed by atoms with E-state index in [9.17, 15) is 22.8 Å². The molecule has 2 heterocycles. The molecule has 3 aromatic rings. The number of carbonyl (C=O) groups is 3. The number of thiazole rings is 1. The number of ketones is 1. The Balaban J connectivity index is 1.52. The van der Waals surface area contributed by atoms with Crippen LogP contribution in [-0.2, 0) is 28.0 Å². The van der Waals surface area contributed by atoms with E-state index in [4.69, 9.17) is 9.47 Å². The van der Waals surface area contributed by atoms with Crippen LogP contribution in [0.4, 0.5) is 0 Å². The maximum atomic E-state index is 13.7. The number of hydrogen-bond donors (Lipinski definition) is 1. The Bertz CT molecular complexity index is 1500. The summed E-state index contributed by atoms with van der Waals surface area (Å²) >= 11 is 1.15. The highest BCUT2D eigenvalue weighted by molar-refractivity contribution is 7.87. The van der Waals surface area contributed by atoms with Crippen molar-refractivity contribution >= 4 is 39.1 Å². The molecule has 0 bridgehead atoms. The van der Waals surface area contributed by atoms with Gasteiger partial charge in [0.15, 0.2) is 0 Å². The van der Waals surface area contributed by atoms with Crippen LogP contribution in [0.5, 0.6) is 11.5 Å². The van der Waals surface area contributed by atoms with Crippen molar-refractivity contribution in [3.63, 3.8) is 0 Å². The molecule has 218 valence electrons. The Morgan fingerprint density at radius 2 is 1.80 bits per heavy atom. The summed E-state index contributed by atoms with van der Waals surface area (Å²) in [7, 11) is -1.12. The van der Waals surface area contributed by atoms with Crippen LogP contribution in [-0.4, -0.2) is 74.1 Å². The first-order chi connectivity index (χ1) is 19.6. The minimum atomic E-state index is -4.17. The van der Waals surface area contributed by atoms with Crippen molar-refractivity contribution < 1.29 is 32.3 Å². The van der Waals surface area contributed by atoms with Gasteiger partial charge in [-0.2, -0.15) is 12.7 Å². The van der Waals surface area contributed by atoms with Crippen molar-refractivity contribution in [2.24, 2.45) is 0 Å². The summed E-state index contributed by atoms with van der Waals surface area (Å²) in [5.74, 6) is -0.337. The molecule has 0 atom stereocenters. The van der Waals surface area contributed by atoms with Crippen molar-refractivity contribution in [2.75, 3.05) is 33.9 Å². The number of nitrogens with zero attached hydrogens (tertiary/aromatic N) is 3. The van der Waals surface area contributed by atoms with Gasteiger partial charge in [0.2, 0.25) is 0 Å². The number of aryl methyl sites for hydroxylation is 1. The molecule has 13 heteroatoms. The van der Waals surface area contributed by atoms with Crippen molar-refractivity contribution in [3.8, 4) is 11.5 Å². The van der Waals surface area contributed by atoms with Gasteiger partial charge in [0, 0.05) is 36.0 Å². The average molecular weight is 601 g/mol. The molecule has 2 aromatic carbocycles. The monoisotopic (exact) mass is 600 g/mol. The van der Waals surface area contributed by atoms with E-state index < -0.39 is 16.1 Å². The van der Waals surface area contributed by atoms with Crippen molar-refractivity contribution in [2.45, 2.75) is 32.7 Å². The van der Waals surface area contributed by atoms with E-state index in [0.717, 1.165) is 33.2 Å². The number of ether oxygens (including phenoxy) is 2. The summed E-state index contributed by atoms with van der Waals surface area (Å²) in [6.45, 7) is 2.12. The van der Waals surface area contributed by atoms with E-state index in [0.29, 0.717) is 35.0 Å². The summed E-state index contributed by atoms with van der Waals surface area (Å²) in [5.41, 5.74) is 2.21. The molecule has 0 unspecified atom stereocenters. The largest absolute Gasteiger partial charge is 0.496 e. The van der Waals surface area contributed by atoms with Gasteiger partial charge in [0.1, 0.15) is 28.0 Å². The minimum absolute atomic E-state index is 0.0262. The third-order valence-corrected chi connectivity index (χ3v) is 8.96. The lowest BCUT2D eigenvalue weighted by molar-refractivity contribution is -0.116. The second kappa shape index (κ2) is 13.2. The van der Waals surface area contributed by atoms with Crippen LogP contribution in [0.3, 0.4) is 0 Å². The summed E-state index contributed by atoms with van der Waals surface area (Å²) in [6.07, 6.45) is 1.55. The average Bonchev–Trinajstić information content (AvgIpc) is 3.62. The van der Waals surface area contributed by atoms with E-state index >= 15 is 0 Å². The van der Waals surface area contributed by atoms with Gasteiger partial charge in [-0.3, -0.25) is 14.4 Å². The van der Waals surface area contributed by atoms with Crippen molar-refractivity contribution in [3.05, 3.63) is 75.2 Å². The predicted octanol–water partition coefficient (Wildman–Crippen LogP) is 2.99. The lowest BCUT2D eigenvalue weighted by Gasteiger charge is -2.23. The molecule has 1 aromatic heterocycles. The number of carbonyl (C=O) groups excluding carboxylic acids is 3. The van der Waals surface area contributed by atoms with Gasteiger partial charge in [-0.25, -0.2) is 9.71 Å². The van der Waals surface area contributed by atoms with E-state index in [-0.39, 0.29) is 43.4 Å². The molecule has 1 N–H and O–H groups in total. The van der Waals surface area contributed by atoms with Crippen molar-refractivity contribution in [1.82, 2.24) is 18.9 Å². The molecule has 2 amide bonds. The fraction of sp³-hybridized carbons (Fsp3) is 0.357. The van der Waals surface area contributed by atoms with Gasteiger partial charge in [-0.15, -0.1) is 11.3 Å². The first-order valence-electron chi connectivity index (χ1n) is 13.0. The number of hydrogen-bond acceptors (Lipinski definition) is 9. The molecule has 1 aliphatic heterocycles. The zero-order valence-corrected chi connectivity index (χ0v) is 24.7. The highest BCUT2D eigenvalue weighted by atomic mass is 32.2. The lowest BCUT2D eigenvalue weighted by Crippen LogP contribution is -2.42. The summed E-state index contributed by atoms with van der Waals surface area (Å²) in [6, 6.07) is 13.3. The molecular formula is C28H32N4O7S2. The summed E-state index contributed by atoms with van der Waals surface area (Å²) < 4.78 is 38.8. The van der Waals surface area contributed by atoms with Crippen LogP contribution in [0, 0.1) is 6.92 Å². The fourth-order valence-corrected chi connectivity index (χ4v) is 6.36. The topological polar surface area (TPSA) is 135 Å². The minimum Gasteiger partial charge on any atom is -0.496 e. The van der Waals surface area contributed by atoms with E-state index in [1.54, 1.807) is 17.0 Å². The third-order valence-electron chi connectivity index (χ3n) is 6.69. The molecule has 0 aliphatic carbocycles. The number of amides is 2. The van der Waals surface area contributed by atoms with E-state index in [2.05, 4.69) is 4.98 Å². The normalized spacial score (nSPS) is 13.7. The van der Waals surface area contributed by atoms with Crippen LogP contribution in [0.25, 0.3) is 0 Å². The number of methoxy groups -OCH3 is 2. The number of Topliss-reactive ketones (excluding diaryl/α,β-unsaturated/α-hetero) is 1. The fourth-order valence-electron chi connectivity index (χ4n) is 4.46. The number of nitrogens with one attached hydrogen (secondary N) is 1. The summed E-state index contributed by atoms with van der Waals surface area (Å²) in [4.78, 5) is 43.9.